The molecule has 1 atom stereocenters. The van der Waals surface area contributed by atoms with E-state index in [4.69, 9.17) is 9.72 Å². The van der Waals surface area contributed by atoms with Crippen molar-refractivity contribution in [2.24, 2.45) is 0 Å². The molecule has 5 heteroatoms. The number of likely N-dealkylation sites (tertiary alicyclic amines) is 1. The number of nitrogens with zero attached hydrogens (tertiary/aromatic N) is 3. The molecule has 1 unspecified atom stereocenters. The number of carbonyl (C=O) groups is 1. The van der Waals surface area contributed by atoms with E-state index in [1.165, 1.54) is 18.4 Å². The van der Waals surface area contributed by atoms with E-state index < -0.39 is 5.60 Å². The van der Waals surface area contributed by atoms with Gasteiger partial charge < -0.3 is 4.74 Å². The molecule has 150 valence electrons. The topological polar surface area (TPSA) is 45.7 Å². The summed E-state index contributed by atoms with van der Waals surface area (Å²) in [5.74, 6) is 0.717. The first-order valence-corrected chi connectivity index (χ1v) is 10.5. The Hall–Kier alpha value is -1.62. The highest BCUT2D eigenvalue weighted by Gasteiger charge is 2.33. The summed E-state index contributed by atoms with van der Waals surface area (Å²) in [6, 6.07) is 5.33. The Balaban J connectivity index is 1.81. The number of hydrogen-bond donors (Lipinski definition) is 0. The molecule has 0 spiro atoms. The monoisotopic (exact) mass is 373 g/mol. The highest BCUT2D eigenvalue weighted by Crippen LogP contribution is 2.34. The smallest absolute Gasteiger partial charge is 0.416 e. The van der Waals surface area contributed by atoms with Crippen LogP contribution in [0.1, 0.15) is 84.7 Å². The highest BCUT2D eigenvalue weighted by atomic mass is 16.6. The van der Waals surface area contributed by atoms with E-state index in [2.05, 4.69) is 24.8 Å². The molecule has 0 N–H and O–H groups in total. The Bertz CT molecular complexity index is 630. The minimum atomic E-state index is -0.504. The van der Waals surface area contributed by atoms with Crippen molar-refractivity contribution in [1.29, 1.82) is 0 Å². The number of hydrogen-bond acceptors (Lipinski definition) is 4. The molecule has 2 fully saturated rings. The van der Waals surface area contributed by atoms with Crippen molar-refractivity contribution in [1.82, 2.24) is 9.88 Å². The Morgan fingerprint density at radius 1 is 1.19 bits per heavy atom. The van der Waals surface area contributed by atoms with Gasteiger partial charge in [-0.25, -0.2) is 9.78 Å². The first kappa shape index (κ1) is 20.1. The fraction of sp³-hybridized carbons (Fsp3) is 0.727. The van der Waals surface area contributed by atoms with Crippen LogP contribution in [-0.4, -0.2) is 40.2 Å². The van der Waals surface area contributed by atoms with Crippen molar-refractivity contribution in [3.63, 3.8) is 0 Å². The number of carbonyl (C=O) groups excluding carboxylic acids is 1. The molecule has 0 aromatic carbocycles. The van der Waals surface area contributed by atoms with Crippen molar-refractivity contribution in [2.75, 3.05) is 11.4 Å². The van der Waals surface area contributed by atoms with Crippen LogP contribution in [0.3, 0.4) is 0 Å². The third kappa shape index (κ3) is 4.81. The minimum Gasteiger partial charge on any atom is -0.443 e. The first-order valence-electron chi connectivity index (χ1n) is 10.5. The number of ether oxygens (including phenoxy) is 1. The van der Waals surface area contributed by atoms with Gasteiger partial charge in [-0.05, 0) is 78.5 Å². The summed E-state index contributed by atoms with van der Waals surface area (Å²) in [6.07, 6.45) is 8.46. The minimum absolute atomic E-state index is 0.192. The molecule has 5 nitrogen and oxygen atoms in total. The van der Waals surface area contributed by atoms with E-state index in [0.29, 0.717) is 17.9 Å². The van der Waals surface area contributed by atoms with E-state index >= 15 is 0 Å². The molecule has 0 radical (unpaired) electrons. The average molecular weight is 374 g/mol. The SMILES string of the molecule is CC(C)N1CCCC1c1ccc(N(C(=O)OC(C)(C)C)C2CCCC2)nc1. The molecule has 2 aliphatic rings. The summed E-state index contributed by atoms with van der Waals surface area (Å²) < 4.78 is 5.68. The molecule has 1 aliphatic carbocycles. The highest BCUT2D eigenvalue weighted by molar-refractivity contribution is 5.87. The van der Waals surface area contributed by atoms with Gasteiger partial charge in [0.1, 0.15) is 11.4 Å². The predicted molar refractivity (Wildman–Crippen MR) is 109 cm³/mol. The molecular formula is C22H35N3O2. The summed E-state index contributed by atoms with van der Waals surface area (Å²) >= 11 is 0. The van der Waals surface area contributed by atoms with E-state index in [9.17, 15) is 4.79 Å². The third-order valence-electron chi connectivity index (χ3n) is 5.64. The molecule has 1 aromatic rings. The van der Waals surface area contributed by atoms with Gasteiger partial charge in [0.25, 0.3) is 0 Å². The van der Waals surface area contributed by atoms with Crippen LogP contribution >= 0.6 is 0 Å². The van der Waals surface area contributed by atoms with E-state index in [-0.39, 0.29) is 12.1 Å². The Morgan fingerprint density at radius 3 is 2.44 bits per heavy atom. The van der Waals surface area contributed by atoms with Crippen LogP contribution in [0, 0.1) is 0 Å². The molecule has 27 heavy (non-hydrogen) atoms. The van der Waals surface area contributed by atoms with E-state index in [0.717, 1.165) is 32.2 Å². The lowest BCUT2D eigenvalue weighted by Gasteiger charge is -2.31. The molecule has 1 aliphatic heterocycles. The maximum absolute atomic E-state index is 12.9. The van der Waals surface area contributed by atoms with Crippen LogP contribution in [0.25, 0.3) is 0 Å². The summed E-state index contributed by atoms with van der Waals surface area (Å²) in [4.78, 5) is 21.9. The normalized spacial score (nSPS) is 21.8. The number of pyridine rings is 1. The number of anilines is 1. The van der Waals surface area contributed by atoms with Gasteiger partial charge in [0.2, 0.25) is 0 Å². The van der Waals surface area contributed by atoms with Crippen molar-refractivity contribution in [2.45, 2.75) is 96.9 Å². The van der Waals surface area contributed by atoms with Crippen LogP contribution in [-0.2, 0) is 4.74 Å². The molecule has 0 bridgehead atoms. The number of amides is 1. The van der Waals surface area contributed by atoms with Crippen LogP contribution in [0.4, 0.5) is 10.6 Å². The lowest BCUT2D eigenvalue weighted by Crippen LogP contribution is -2.43. The second-order valence-corrected chi connectivity index (χ2v) is 9.23. The molecule has 1 amide bonds. The van der Waals surface area contributed by atoms with Crippen LogP contribution < -0.4 is 4.90 Å². The molecule has 1 saturated carbocycles. The molecule has 3 rings (SSSR count). The van der Waals surface area contributed by atoms with Gasteiger partial charge in [-0.2, -0.15) is 0 Å². The average Bonchev–Trinajstić information content (AvgIpc) is 3.25. The zero-order valence-corrected chi connectivity index (χ0v) is 17.6. The third-order valence-corrected chi connectivity index (χ3v) is 5.64. The van der Waals surface area contributed by atoms with Crippen LogP contribution in [0.15, 0.2) is 18.3 Å². The zero-order chi connectivity index (χ0) is 19.6. The molecular weight excluding hydrogens is 338 g/mol. The fourth-order valence-electron chi connectivity index (χ4n) is 4.41. The van der Waals surface area contributed by atoms with Crippen molar-refractivity contribution in [3.8, 4) is 0 Å². The maximum Gasteiger partial charge on any atom is 0.416 e. The Kier molecular flexibility index (Phi) is 6.09. The number of rotatable bonds is 4. The second-order valence-electron chi connectivity index (χ2n) is 9.23. The van der Waals surface area contributed by atoms with Crippen LogP contribution in [0.2, 0.25) is 0 Å². The summed E-state index contributed by atoms with van der Waals surface area (Å²) in [5, 5.41) is 0. The van der Waals surface area contributed by atoms with E-state index in [1.54, 1.807) is 4.90 Å². The second kappa shape index (κ2) is 8.17. The van der Waals surface area contributed by atoms with Gasteiger partial charge >= 0.3 is 6.09 Å². The van der Waals surface area contributed by atoms with Gasteiger partial charge in [0.05, 0.1) is 0 Å². The Morgan fingerprint density at radius 2 is 1.89 bits per heavy atom. The molecule has 2 heterocycles. The molecule has 1 aromatic heterocycles. The Labute approximate surface area is 164 Å². The van der Waals surface area contributed by atoms with Gasteiger partial charge in [-0.3, -0.25) is 9.80 Å². The van der Waals surface area contributed by atoms with Gasteiger partial charge in [0, 0.05) is 24.3 Å². The first-order chi connectivity index (χ1) is 12.8. The summed E-state index contributed by atoms with van der Waals surface area (Å²) in [6.45, 7) is 11.4. The largest absolute Gasteiger partial charge is 0.443 e. The van der Waals surface area contributed by atoms with E-state index in [1.807, 2.05) is 33.0 Å². The number of aromatic nitrogens is 1. The van der Waals surface area contributed by atoms with Gasteiger partial charge in [-0.1, -0.05) is 18.9 Å². The van der Waals surface area contributed by atoms with Crippen LogP contribution in [0.5, 0.6) is 0 Å². The quantitative estimate of drug-likeness (QED) is 0.717. The van der Waals surface area contributed by atoms with Crippen molar-refractivity contribution in [3.05, 3.63) is 23.9 Å². The lowest BCUT2D eigenvalue weighted by molar-refractivity contribution is 0.0564. The maximum atomic E-state index is 12.9. The summed E-state index contributed by atoms with van der Waals surface area (Å²) in [7, 11) is 0. The van der Waals surface area contributed by atoms with Gasteiger partial charge in [0.15, 0.2) is 0 Å². The van der Waals surface area contributed by atoms with Gasteiger partial charge in [-0.15, -0.1) is 0 Å². The zero-order valence-electron chi connectivity index (χ0n) is 17.6. The summed E-state index contributed by atoms with van der Waals surface area (Å²) in [5.41, 5.74) is 0.746. The van der Waals surface area contributed by atoms with Crippen molar-refractivity contribution >= 4 is 11.9 Å². The molecule has 1 saturated heterocycles. The predicted octanol–water partition coefficient (Wildman–Crippen LogP) is 5.31. The fourth-order valence-corrected chi connectivity index (χ4v) is 4.41. The van der Waals surface area contributed by atoms with Crippen molar-refractivity contribution < 1.29 is 9.53 Å². The standard InChI is InChI=1S/C22H35N3O2/c1-16(2)24-14-8-11-19(24)17-12-13-20(23-15-17)25(18-9-6-7-10-18)21(26)27-22(3,4)5/h12-13,15-16,18-19H,6-11,14H2,1-5H3. The lowest BCUT2D eigenvalue weighted by atomic mass is 10.1.